The zero-order valence-electron chi connectivity index (χ0n) is 22.7. The van der Waals surface area contributed by atoms with E-state index in [-0.39, 0.29) is 23.9 Å². The summed E-state index contributed by atoms with van der Waals surface area (Å²) in [5.74, 6) is -2.37. The van der Waals surface area contributed by atoms with Crippen molar-refractivity contribution in [2.24, 2.45) is 5.92 Å². The summed E-state index contributed by atoms with van der Waals surface area (Å²) in [7, 11) is 0. The molecule has 1 amide bonds. The maximum Gasteiger partial charge on any atom is 0.238 e. The summed E-state index contributed by atoms with van der Waals surface area (Å²) >= 11 is 0. The summed E-state index contributed by atoms with van der Waals surface area (Å²) in [6.07, 6.45) is 3.68. The molecule has 0 saturated carbocycles. The van der Waals surface area contributed by atoms with Crippen LogP contribution >= 0.6 is 0 Å². The number of ketones is 2. The summed E-state index contributed by atoms with van der Waals surface area (Å²) in [5, 5.41) is 11.9. The Hall–Kier alpha value is -5.55. The summed E-state index contributed by atoms with van der Waals surface area (Å²) < 4.78 is 19.3. The third-order valence-corrected chi connectivity index (χ3v) is 8.69. The normalized spacial score (nSPS) is 22.7. The maximum absolute atomic E-state index is 14.8. The van der Waals surface area contributed by atoms with E-state index in [1.807, 2.05) is 59.5 Å². The van der Waals surface area contributed by atoms with Crippen molar-refractivity contribution in [3.8, 4) is 11.8 Å². The van der Waals surface area contributed by atoms with Crippen molar-refractivity contribution >= 4 is 29.2 Å². The van der Waals surface area contributed by atoms with Gasteiger partial charge >= 0.3 is 0 Å². The Kier molecular flexibility index (Phi) is 6.17. The first-order valence-electron chi connectivity index (χ1n) is 13.8. The van der Waals surface area contributed by atoms with Gasteiger partial charge in [0.2, 0.25) is 5.91 Å². The van der Waals surface area contributed by atoms with Crippen molar-refractivity contribution in [1.82, 2.24) is 4.90 Å². The van der Waals surface area contributed by atoms with Crippen LogP contribution in [0.3, 0.4) is 0 Å². The first kappa shape index (κ1) is 26.4. The predicted molar refractivity (Wildman–Crippen MR) is 157 cm³/mol. The molecule has 7 nitrogen and oxygen atoms in total. The Morgan fingerprint density at radius 3 is 2.35 bits per heavy atom. The molecule has 4 aromatic rings. The fourth-order valence-corrected chi connectivity index (χ4v) is 6.96. The highest BCUT2D eigenvalue weighted by Gasteiger charge is 2.70. The lowest BCUT2D eigenvalue weighted by Gasteiger charge is -2.38. The zero-order valence-corrected chi connectivity index (χ0v) is 22.7. The van der Waals surface area contributed by atoms with E-state index < -0.39 is 35.0 Å². The molecule has 0 unspecified atom stereocenters. The number of carbonyl (C=O) groups excluding carboxylic acids is 3. The number of anilines is 1. The van der Waals surface area contributed by atoms with E-state index in [0.717, 1.165) is 11.1 Å². The molecule has 1 saturated heterocycles. The van der Waals surface area contributed by atoms with Crippen molar-refractivity contribution in [2.45, 2.75) is 17.5 Å². The van der Waals surface area contributed by atoms with E-state index in [0.29, 0.717) is 22.6 Å². The molecule has 0 aliphatic carbocycles. The molecule has 210 valence electrons. The average molecular weight is 570 g/mol. The highest BCUT2D eigenvalue weighted by molar-refractivity contribution is 6.16. The van der Waals surface area contributed by atoms with Gasteiger partial charge in [-0.25, -0.2) is 4.39 Å². The first-order chi connectivity index (χ1) is 20.9. The number of nitrogens with one attached hydrogen (secondary N) is 1. The topological polar surface area (TPSA) is 99.5 Å². The molecular formula is C35H24FN3O4. The number of para-hydroxylation sites is 1. The summed E-state index contributed by atoms with van der Waals surface area (Å²) in [6.45, 7) is -0.146. The van der Waals surface area contributed by atoms with Crippen LogP contribution in [0.5, 0.6) is 5.75 Å². The van der Waals surface area contributed by atoms with E-state index in [1.165, 1.54) is 24.3 Å². The predicted octanol–water partition coefficient (Wildman–Crippen LogP) is 5.71. The third kappa shape index (κ3) is 3.89. The van der Waals surface area contributed by atoms with Crippen molar-refractivity contribution in [3.63, 3.8) is 0 Å². The molecule has 7 rings (SSSR count). The fourth-order valence-electron chi connectivity index (χ4n) is 6.96. The fraction of sp³-hybridized carbons (Fsp3) is 0.143. The van der Waals surface area contributed by atoms with Gasteiger partial charge in [0, 0.05) is 23.0 Å². The minimum absolute atomic E-state index is 0.146. The van der Waals surface area contributed by atoms with Crippen LogP contribution in [-0.2, 0) is 10.2 Å². The Balaban J connectivity index is 1.48. The maximum atomic E-state index is 14.8. The van der Waals surface area contributed by atoms with Crippen LogP contribution in [-0.4, -0.2) is 35.0 Å². The van der Waals surface area contributed by atoms with Gasteiger partial charge in [-0.1, -0.05) is 42.5 Å². The van der Waals surface area contributed by atoms with Gasteiger partial charge in [-0.05, 0) is 77.4 Å². The van der Waals surface area contributed by atoms with Crippen molar-refractivity contribution in [2.75, 3.05) is 11.9 Å². The van der Waals surface area contributed by atoms with E-state index in [2.05, 4.69) is 5.32 Å². The average Bonchev–Trinajstić information content (AvgIpc) is 3.52. The van der Waals surface area contributed by atoms with E-state index in [4.69, 9.17) is 10.00 Å². The van der Waals surface area contributed by atoms with Crippen LogP contribution in [0.2, 0.25) is 0 Å². The molecule has 0 radical (unpaired) electrons. The highest BCUT2D eigenvalue weighted by Crippen LogP contribution is 2.62. The number of halogens is 1. The lowest BCUT2D eigenvalue weighted by Crippen LogP contribution is -2.49. The number of benzene rings is 4. The lowest BCUT2D eigenvalue weighted by molar-refractivity contribution is -0.122. The van der Waals surface area contributed by atoms with Gasteiger partial charge in [0.15, 0.2) is 18.2 Å². The molecule has 4 atom stereocenters. The number of nitriles is 1. The van der Waals surface area contributed by atoms with Crippen molar-refractivity contribution in [1.29, 1.82) is 5.26 Å². The standard InChI is InChI=1S/C35H24FN3O4/c36-24-13-9-23(10-14-24)32(41)30-29(31(40)22-11-15-25(16-12-22)43-20-18-37)35(27-7-3-4-8-28(27)38-34(35)42)33-26-6-2-1-5-21(26)17-19-39(30)33/h1-17,19,29-30,33H,20H2,(H,38,42)/t29-,30-,33+,35+/m0/s1. The van der Waals surface area contributed by atoms with E-state index in [1.54, 1.807) is 36.5 Å². The number of fused-ring (bicyclic) bond motifs is 6. The number of hydrogen-bond acceptors (Lipinski definition) is 6. The number of Topliss-reactive ketones (excluding diaryl/α,β-unsaturated/α-hetero) is 2. The van der Waals surface area contributed by atoms with Crippen LogP contribution in [0.4, 0.5) is 10.1 Å². The Morgan fingerprint density at radius 1 is 0.907 bits per heavy atom. The van der Waals surface area contributed by atoms with Gasteiger partial charge in [0.05, 0.1) is 12.0 Å². The number of carbonyl (C=O) groups is 3. The van der Waals surface area contributed by atoms with E-state index >= 15 is 0 Å². The third-order valence-electron chi connectivity index (χ3n) is 8.69. The zero-order chi connectivity index (χ0) is 29.7. The van der Waals surface area contributed by atoms with Crippen LogP contribution in [0.25, 0.3) is 6.08 Å². The van der Waals surface area contributed by atoms with Gasteiger partial charge in [0.25, 0.3) is 0 Å². The van der Waals surface area contributed by atoms with Gasteiger partial charge in [-0.15, -0.1) is 0 Å². The molecule has 3 heterocycles. The second kappa shape index (κ2) is 10.1. The second-order valence-electron chi connectivity index (χ2n) is 10.8. The molecule has 3 aliphatic rings. The lowest BCUT2D eigenvalue weighted by atomic mass is 9.62. The van der Waals surface area contributed by atoms with Gasteiger partial charge in [0.1, 0.15) is 29.1 Å². The molecule has 0 bridgehead atoms. The molecule has 4 aromatic carbocycles. The molecule has 1 spiro atoms. The van der Waals surface area contributed by atoms with Crippen LogP contribution in [0.1, 0.15) is 43.4 Å². The molecule has 0 aromatic heterocycles. The molecule has 8 heteroatoms. The minimum Gasteiger partial charge on any atom is -0.479 e. The Labute approximate surface area is 246 Å². The second-order valence-corrected chi connectivity index (χ2v) is 10.8. The van der Waals surface area contributed by atoms with Crippen LogP contribution in [0, 0.1) is 23.1 Å². The van der Waals surface area contributed by atoms with Crippen molar-refractivity contribution < 1.29 is 23.5 Å². The van der Waals surface area contributed by atoms with Gasteiger partial charge in [-0.3, -0.25) is 14.4 Å². The largest absolute Gasteiger partial charge is 0.479 e. The van der Waals surface area contributed by atoms with Gasteiger partial charge < -0.3 is 15.0 Å². The molecule has 3 aliphatic heterocycles. The number of ether oxygens (including phenoxy) is 1. The number of nitrogens with zero attached hydrogens (tertiary/aromatic N) is 2. The summed E-state index contributed by atoms with van der Waals surface area (Å²) in [4.78, 5) is 45.6. The monoisotopic (exact) mass is 569 g/mol. The first-order valence-corrected chi connectivity index (χ1v) is 13.8. The molecular weight excluding hydrogens is 545 g/mol. The van der Waals surface area contributed by atoms with Crippen LogP contribution in [0.15, 0.2) is 103 Å². The summed E-state index contributed by atoms with van der Waals surface area (Å²) in [5.41, 5.74) is 2.00. The molecule has 1 fully saturated rings. The number of amides is 1. The number of hydrogen-bond donors (Lipinski definition) is 1. The SMILES string of the molecule is N#CCOc1ccc(C(=O)[C@@H]2[C@@H](C(=O)c3ccc(F)cc3)N3C=Cc4ccccc4[C@@H]3[C@]23C(=O)Nc2ccccc23)cc1. The van der Waals surface area contributed by atoms with Gasteiger partial charge in [-0.2, -0.15) is 5.26 Å². The Bertz CT molecular complexity index is 1860. The molecule has 43 heavy (non-hydrogen) atoms. The molecule has 1 N–H and O–H groups in total. The smallest absolute Gasteiger partial charge is 0.238 e. The minimum atomic E-state index is -1.47. The van der Waals surface area contributed by atoms with Crippen LogP contribution < -0.4 is 10.1 Å². The highest BCUT2D eigenvalue weighted by atomic mass is 19.1. The van der Waals surface area contributed by atoms with E-state index in [9.17, 15) is 18.8 Å². The summed E-state index contributed by atoms with van der Waals surface area (Å²) in [6, 6.07) is 26.7. The van der Waals surface area contributed by atoms with Crippen molar-refractivity contribution in [3.05, 3.63) is 137 Å². The number of rotatable bonds is 6. The quantitative estimate of drug-likeness (QED) is 0.299. The Morgan fingerprint density at radius 2 is 1.58 bits per heavy atom.